The first-order valence-corrected chi connectivity index (χ1v) is 12.5. The summed E-state index contributed by atoms with van der Waals surface area (Å²) in [6.07, 6.45) is 1.80. The molecule has 3 heterocycles. The Morgan fingerprint density at radius 3 is 2.51 bits per heavy atom. The van der Waals surface area contributed by atoms with Crippen molar-refractivity contribution in [2.24, 2.45) is 0 Å². The van der Waals surface area contributed by atoms with E-state index >= 15 is 0 Å². The van der Waals surface area contributed by atoms with Crippen LogP contribution in [0.4, 0.5) is 11.4 Å². The first-order chi connectivity index (χ1) is 17.1. The molecule has 2 atom stereocenters. The van der Waals surface area contributed by atoms with Crippen LogP contribution < -0.4 is 20.3 Å². The van der Waals surface area contributed by atoms with E-state index in [0.29, 0.717) is 16.5 Å². The summed E-state index contributed by atoms with van der Waals surface area (Å²) in [6.45, 7) is 2.05. The number of ether oxygens (including phenoxy) is 1. The number of thiocarbonyl (C=S) groups is 1. The number of carbonyl (C=O) groups excluding carboxylic acids is 1. The number of para-hydroxylation sites is 1. The van der Waals surface area contributed by atoms with E-state index in [1.807, 2.05) is 72.8 Å². The minimum Gasteiger partial charge on any atom is -0.484 e. The van der Waals surface area contributed by atoms with Crippen LogP contribution in [0, 0.1) is 6.92 Å². The van der Waals surface area contributed by atoms with Gasteiger partial charge in [-0.1, -0.05) is 24.3 Å². The third-order valence-corrected chi connectivity index (χ3v) is 7.08. The molecule has 4 aromatic rings. The van der Waals surface area contributed by atoms with Gasteiger partial charge in [0.1, 0.15) is 5.75 Å². The van der Waals surface area contributed by atoms with Crippen LogP contribution in [0.1, 0.15) is 27.5 Å². The van der Waals surface area contributed by atoms with Crippen LogP contribution in [0.5, 0.6) is 5.75 Å². The maximum Gasteiger partial charge on any atom is 0.262 e. The lowest BCUT2D eigenvalue weighted by molar-refractivity contribution is -0.118. The molecule has 176 valence electrons. The number of aromatic nitrogens is 1. The van der Waals surface area contributed by atoms with Crippen LogP contribution in [-0.4, -0.2) is 22.6 Å². The molecule has 2 N–H and O–H groups in total. The summed E-state index contributed by atoms with van der Waals surface area (Å²) in [7, 11) is 0. The highest BCUT2D eigenvalue weighted by molar-refractivity contribution is 7.80. The highest BCUT2D eigenvalue weighted by Gasteiger charge is 2.41. The summed E-state index contributed by atoms with van der Waals surface area (Å²) in [5.41, 5.74) is 2.57. The third-order valence-electron chi connectivity index (χ3n) is 5.69. The minimum atomic E-state index is -0.220. The molecule has 0 bridgehead atoms. The van der Waals surface area contributed by atoms with E-state index in [-0.39, 0.29) is 24.6 Å². The average molecular weight is 501 g/mol. The Labute approximate surface area is 213 Å². The maximum atomic E-state index is 12.3. The molecule has 2 aromatic carbocycles. The second kappa shape index (κ2) is 10.2. The molecule has 1 amide bonds. The zero-order valence-electron chi connectivity index (χ0n) is 19.0. The normalized spacial score (nSPS) is 17.2. The number of benzene rings is 2. The van der Waals surface area contributed by atoms with Crippen molar-refractivity contribution in [2.45, 2.75) is 19.0 Å². The van der Waals surface area contributed by atoms with Gasteiger partial charge in [-0.3, -0.25) is 9.78 Å². The van der Waals surface area contributed by atoms with Gasteiger partial charge >= 0.3 is 0 Å². The SMILES string of the molecule is Cc1ccc([C@H]2[C@@H](c3ccccn3)NC(=S)N2c2ccc(NC(=O)COc3ccccc3)cc2)s1. The quantitative estimate of drug-likeness (QED) is 0.320. The van der Waals surface area contributed by atoms with Gasteiger partial charge in [0.05, 0.1) is 17.8 Å². The number of carbonyl (C=O) groups is 1. The summed E-state index contributed by atoms with van der Waals surface area (Å²) in [4.78, 5) is 21.5. The van der Waals surface area contributed by atoms with Gasteiger partial charge in [0, 0.05) is 27.3 Å². The molecule has 0 aliphatic carbocycles. The number of hydrogen-bond donors (Lipinski definition) is 2. The van der Waals surface area contributed by atoms with Crippen LogP contribution in [0.3, 0.4) is 0 Å². The zero-order chi connectivity index (χ0) is 24.2. The maximum absolute atomic E-state index is 12.3. The summed E-state index contributed by atoms with van der Waals surface area (Å²) in [5.74, 6) is 0.437. The Bertz CT molecular complexity index is 1310. The van der Waals surface area contributed by atoms with Crippen molar-refractivity contribution in [3.8, 4) is 5.75 Å². The Morgan fingerprint density at radius 2 is 1.83 bits per heavy atom. The lowest BCUT2D eigenvalue weighted by Crippen LogP contribution is -2.29. The molecular formula is C27H24N4O2S2. The van der Waals surface area contributed by atoms with Gasteiger partial charge in [-0.15, -0.1) is 11.3 Å². The molecule has 1 aliphatic rings. The van der Waals surface area contributed by atoms with Crippen LogP contribution in [0.2, 0.25) is 0 Å². The molecule has 1 saturated heterocycles. The fourth-order valence-electron chi connectivity index (χ4n) is 4.10. The van der Waals surface area contributed by atoms with Gasteiger partial charge in [0.2, 0.25) is 0 Å². The first kappa shape index (κ1) is 23.0. The molecule has 2 aromatic heterocycles. The number of rotatable bonds is 7. The molecule has 8 heteroatoms. The fourth-order valence-corrected chi connectivity index (χ4v) is 5.45. The van der Waals surface area contributed by atoms with E-state index in [4.69, 9.17) is 17.0 Å². The molecule has 0 saturated carbocycles. The van der Waals surface area contributed by atoms with E-state index in [2.05, 4.69) is 39.6 Å². The lowest BCUT2D eigenvalue weighted by atomic mass is 10.0. The van der Waals surface area contributed by atoms with Crippen molar-refractivity contribution >= 4 is 45.9 Å². The Morgan fingerprint density at radius 1 is 1.06 bits per heavy atom. The second-order valence-corrected chi connectivity index (χ2v) is 9.85. The molecule has 1 aliphatic heterocycles. The fraction of sp³-hybridized carbons (Fsp3) is 0.148. The highest BCUT2D eigenvalue weighted by atomic mass is 32.1. The number of nitrogens with one attached hydrogen (secondary N) is 2. The number of amides is 1. The zero-order valence-corrected chi connectivity index (χ0v) is 20.7. The molecule has 0 radical (unpaired) electrons. The summed E-state index contributed by atoms with van der Waals surface area (Å²) in [5, 5.41) is 7.00. The van der Waals surface area contributed by atoms with Gasteiger partial charge in [-0.25, -0.2) is 0 Å². The second-order valence-electron chi connectivity index (χ2n) is 8.14. The summed E-state index contributed by atoms with van der Waals surface area (Å²) in [6, 6.07) is 27.1. The number of anilines is 2. The van der Waals surface area contributed by atoms with E-state index in [0.717, 1.165) is 11.4 Å². The number of pyridine rings is 1. The molecule has 0 spiro atoms. The van der Waals surface area contributed by atoms with Crippen molar-refractivity contribution in [3.05, 3.63) is 107 Å². The third kappa shape index (κ3) is 5.18. The number of nitrogens with zero attached hydrogens (tertiary/aromatic N) is 2. The molecular weight excluding hydrogens is 476 g/mol. The topological polar surface area (TPSA) is 66.5 Å². The van der Waals surface area contributed by atoms with Gasteiger partial charge < -0.3 is 20.3 Å². The Kier molecular flexibility index (Phi) is 6.74. The summed E-state index contributed by atoms with van der Waals surface area (Å²) >= 11 is 7.53. The lowest BCUT2D eigenvalue weighted by Gasteiger charge is -2.27. The average Bonchev–Trinajstić information content (AvgIpc) is 3.47. The monoisotopic (exact) mass is 500 g/mol. The van der Waals surface area contributed by atoms with Gasteiger partial charge in [0.15, 0.2) is 11.7 Å². The number of thiophene rings is 1. The van der Waals surface area contributed by atoms with Crippen molar-refractivity contribution in [2.75, 3.05) is 16.8 Å². The van der Waals surface area contributed by atoms with Crippen molar-refractivity contribution in [1.82, 2.24) is 10.3 Å². The van der Waals surface area contributed by atoms with Gasteiger partial charge in [0.25, 0.3) is 5.91 Å². The Hall–Kier alpha value is -3.75. The van der Waals surface area contributed by atoms with E-state index in [1.54, 1.807) is 17.5 Å². The van der Waals surface area contributed by atoms with Gasteiger partial charge in [-0.05, 0) is 79.8 Å². The summed E-state index contributed by atoms with van der Waals surface area (Å²) < 4.78 is 5.53. The number of aryl methyl sites for hydroxylation is 1. The van der Waals surface area contributed by atoms with Gasteiger partial charge in [-0.2, -0.15) is 0 Å². The van der Waals surface area contributed by atoms with E-state index in [9.17, 15) is 4.79 Å². The van der Waals surface area contributed by atoms with Crippen LogP contribution in [0.15, 0.2) is 91.1 Å². The standard InChI is InChI=1S/C27H24N4O2S2/c1-18-10-15-23(35-18)26-25(22-9-5-6-16-28-22)30-27(34)31(26)20-13-11-19(12-14-20)29-24(32)17-33-21-7-3-2-4-8-21/h2-16,25-26H,17H2,1H3,(H,29,32)(H,30,34)/t25-,26+/m1/s1. The van der Waals surface area contributed by atoms with Crippen LogP contribution in [-0.2, 0) is 4.79 Å². The smallest absolute Gasteiger partial charge is 0.262 e. The van der Waals surface area contributed by atoms with Crippen molar-refractivity contribution < 1.29 is 9.53 Å². The van der Waals surface area contributed by atoms with Crippen molar-refractivity contribution in [1.29, 1.82) is 0 Å². The Balaban J connectivity index is 1.34. The van der Waals surface area contributed by atoms with E-state index in [1.165, 1.54) is 9.75 Å². The largest absolute Gasteiger partial charge is 0.484 e. The van der Waals surface area contributed by atoms with Crippen molar-refractivity contribution in [3.63, 3.8) is 0 Å². The number of hydrogen-bond acceptors (Lipinski definition) is 5. The predicted molar refractivity (Wildman–Crippen MR) is 144 cm³/mol. The molecule has 35 heavy (non-hydrogen) atoms. The minimum absolute atomic E-state index is 0.0317. The molecule has 5 rings (SSSR count). The van der Waals surface area contributed by atoms with Crippen LogP contribution >= 0.6 is 23.6 Å². The molecule has 0 unspecified atom stereocenters. The predicted octanol–water partition coefficient (Wildman–Crippen LogP) is 5.65. The first-order valence-electron chi connectivity index (χ1n) is 11.2. The van der Waals surface area contributed by atoms with E-state index < -0.39 is 0 Å². The molecule has 1 fully saturated rings. The molecule has 6 nitrogen and oxygen atoms in total. The highest BCUT2D eigenvalue weighted by Crippen LogP contribution is 2.43. The van der Waals surface area contributed by atoms with Crippen LogP contribution in [0.25, 0.3) is 0 Å².